The third-order valence-corrected chi connectivity index (χ3v) is 3.86. The minimum absolute atomic E-state index is 0.0210. The van der Waals surface area contributed by atoms with Gasteiger partial charge in [0.25, 0.3) is 0 Å². The lowest BCUT2D eigenvalue weighted by Crippen LogP contribution is -2.32. The second-order valence-corrected chi connectivity index (χ2v) is 5.14. The van der Waals surface area contributed by atoms with Crippen molar-refractivity contribution in [3.8, 4) is 0 Å². The van der Waals surface area contributed by atoms with Crippen LogP contribution in [0.2, 0.25) is 0 Å². The molecule has 0 saturated heterocycles. The Morgan fingerprint density at radius 1 is 1.00 bits per heavy atom. The first-order valence-corrected chi connectivity index (χ1v) is 7.20. The lowest BCUT2D eigenvalue weighted by Gasteiger charge is -2.22. The molecule has 1 atom stereocenters. The molecule has 0 saturated carbocycles. The number of fused-ring (bicyclic) bond motifs is 1. The Morgan fingerprint density at radius 2 is 1.61 bits per heavy atom. The van der Waals surface area contributed by atoms with Gasteiger partial charge in [-0.1, -0.05) is 42.5 Å². The van der Waals surface area contributed by atoms with Crippen molar-refractivity contribution in [2.45, 2.75) is 12.3 Å². The molecule has 0 aliphatic carbocycles. The Labute approximate surface area is 134 Å². The zero-order valence-electron chi connectivity index (χ0n) is 13.0. The van der Waals surface area contributed by atoms with Crippen LogP contribution in [0.5, 0.6) is 0 Å². The van der Waals surface area contributed by atoms with Gasteiger partial charge in [0, 0.05) is 12.3 Å². The van der Waals surface area contributed by atoms with Crippen molar-refractivity contribution in [3.05, 3.63) is 48.0 Å². The van der Waals surface area contributed by atoms with E-state index < -0.39 is 23.8 Å². The number of ether oxygens (including phenoxy) is 2. The minimum atomic E-state index is -1.17. The molecular weight excluding hydrogens is 296 g/mol. The highest BCUT2D eigenvalue weighted by atomic mass is 16.5. The molecule has 0 bridgehead atoms. The van der Waals surface area contributed by atoms with Crippen LogP contribution in [-0.4, -0.2) is 32.4 Å². The van der Waals surface area contributed by atoms with Crippen LogP contribution in [0.1, 0.15) is 17.9 Å². The summed E-state index contributed by atoms with van der Waals surface area (Å²) in [4.78, 5) is 35.1. The van der Waals surface area contributed by atoms with Crippen molar-refractivity contribution in [2.75, 3.05) is 14.2 Å². The summed E-state index contributed by atoms with van der Waals surface area (Å²) in [6, 6.07) is 13.3. The number of carbonyl (C=O) groups excluding carboxylic acids is 3. The van der Waals surface area contributed by atoms with Gasteiger partial charge in [-0.25, -0.2) is 0 Å². The SMILES string of the molecule is COC(=O)C(C(=O)OC)C(CC=O)c1ccc2ccccc2c1. The number of hydrogen-bond acceptors (Lipinski definition) is 5. The molecule has 0 aliphatic rings. The van der Waals surface area contributed by atoms with E-state index >= 15 is 0 Å². The van der Waals surface area contributed by atoms with Gasteiger partial charge in [-0.2, -0.15) is 0 Å². The van der Waals surface area contributed by atoms with E-state index in [-0.39, 0.29) is 6.42 Å². The average molecular weight is 314 g/mol. The molecule has 2 aromatic rings. The third-order valence-electron chi connectivity index (χ3n) is 3.86. The van der Waals surface area contributed by atoms with E-state index in [2.05, 4.69) is 0 Å². The molecule has 0 N–H and O–H groups in total. The molecule has 0 heterocycles. The Bertz CT molecular complexity index is 706. The van der Waals surface area contributed by atoms with E-state index in [9.17, 15) is 14.4 Å². The van der Waals surface area contributed by atoms with Gasteiger partial charge < -0.3 is 14.3 Å². The van der Waals surface area contributed by atoms with Crippen molar-refractivity contribution in [1.82, 2.24) is 0 Å². The molecular formula is C18H18O5. The molecule has 0 aromatic heterocycles. The average Bonchev–Trinajstić information content (AvgIpc) is 2.60. The van der Waals surface area contributed by atoms with Gasteiger partial charge in [0.05, 0.1) is 14.2 Å². The van der Waals surface area contributed by atoms with Crippen molar-refractivity contribution in [2.24, 2.45) is 5.92 Å². The van der Waals surface area contributed by atoms with E-state index in [0.717, 1.165) is 16.3 Å². The predicted octanol–water partition coefficient (Wildman–Crippen LogP) is 2.47. The number of carbonyl (C=O) groups is 3. The molecule has 0 radical (unpaired) electrons. The second kappa shape index (κ2) is 7.54. The number of esters is 2. The molecule has 5 heteroatoms. The van der Waals surface area contributed by atoms with Crippen LogP contribution in [0.15, 0.2) is 42.5 Å². The summed E-state index contributed by atoms with van der Waals surface area (Å²) in [5, 5.41) is 2.00. The van der Waals surface area contributed by atoms with Crippen LogP contribution in [0.3, 0.4) is 0 Å². The summed E-state index contributed by atoms with van der Waals surface area (Å²) in [5.74, 6) is -3.22. The fraction of sp³-hybridized carbons (Fsp3) is 0.278. The Morgan fingerprint density at radius 3 is 2.17 bits per heavy atom. The van der Waals surface area contributed by atoms with Crippen LogP contribution >= 0.6 is 0 Å². The maximum atomic E-state index is 12.0. The number of methoxy groups -OCH3 is 2. The molecule has 0 amide bonds. The standard InChI is InChI=1S/C18H18O5/c1-22-17(20)16(18(21)23-2)15(9-10-19)14-8-7-12-5-3-4-6-13(12)11-14/h3-8,10-11,15-16H,9H2,1-2H3. The molecule has 0 spiro atoms. The van der Waals surface area contributed by atoms with Gasteiger partial charge in [0.15, 0.2) is 5.92 Å². The minimum Gasteiger partial charge on any atom is -0.468 e. The van der Waals surface area contributed by atoms with Gasteiger partial charge in [-0.15, -0.1) is 0 Å². The van der Waals surface area contributed by atoms with Crippen LogP contribution in [0.4, 0.5) is 0 Å². The lowest BCUT2D eigenvalue weighted by atomic mass is 9.83. The Kier molecular flexibility index (Phi) is 5.46. The highest BCUT2D eigenvalue weighted by molar-refractivity contribution is 5.96. The first kappa shape index (κ1) is 16.7. The van der Waals surface area contributed by atoms with Crippen molar-refractivity contribution < 1.29 is 23.9 Å². The summed E-state index contributed by atoms with van der Waals surface area (Å²) in [7, 11) is 2.41. The van der Waals surface area contributed by atoms with Crippen molar-refractivity contribution >= 4 is 29.0 Å². The summed E-state index contributed by atoms with van der Waals surface area (Å²) in [6.07, 6.45) is 0.714. The van der Waals surface area contributed by atoms with Crippen LogP contribution in [0.25, 0.3) is 10.8 Å². The molecule has 0 fully saturated rings. The van der Waals surface area contributed by atoms with Gasteiger partial charge in [-0.05, 0) is 16.3 Å². The highest BCUT2D eigenvalue weighted by Gasteiger charge is 2.37. The predicted molar refractivity (Wildman–Crippen MR) is 84.9 cm³/mol. The van der Waals surface area contributed by atoms with Crippen LogP contribution < -0.4 is 0 Å². The van der Waals surface area contributed by atoms with Crippen LogP contribution in [-0.2, 0) is 23.9 Å². The first-order chi connectivity index (χ1) is 11.1. The summed E-state index contributed by atoms with van der Waals surface area (Å²) < 4.78 is 9.43. The van der Waals surface area contributed by atoms with E-state index in [1.54, 1.807) is 0 Å². The summed E-state index contributed by atoms with van der Waals surface area (Å²) in [5.41, 5.74) is 0.719. The first-order valence-electron chi connectivity index (χ1n) is 7.20. The quantitative estimate of drug-likeness (QED) is 0.465. The van der Waals surface area contributed by atoms with Gasteiger partial charge >= 0.3 is 11.9 Å². The van der Waals surface area contributed by atoms with Gasteiger partial charge in [-0.3, -0.25) is 9.59 Å². The maximum Gasteiger partial charge on any atom is 0.320 e. The normalized spacial score (nSPS) is 12.0. The van der Waals surface area contributed by atoms with Crippen molar-refractivity contribution in [3.63, 3.8) is 0 Å². The van der Waals surface area contributed by atoms with Crippen LogP contribution in [0, 0.1) is 5.92 Å². The van der Waals surface area contributed by atoms with E-state index in [4.69, 9.17) is 9.47 Å². The van der Waals surface area contributed by atoms with E-state index in [0.29, 0.717) is 6.29 Å². The van der Waals surface area contributed by atoms with E-state index in [1.165, 1.54) is 14.2 Å². The number of rotatable bonds is 6. The van der Waals surface area contributed by atoms with Gasteiger partial charge in [0.1, 0.15) is 6.29 Å². The zero-order chi connectivity index (χ0) is 16.8. The summed E-state index contributed by atoms with van der Waals surface area (Å²) >= 11 is 0. The highest BCUT2D eigenvalue weighted by Crippen LogP contribution is 2.31. The smallest absolute Gasteiger partial charge is 0.320 e. The molecule has 0 aliphatic heterocycles. The monoisotopic (exact) mass is 314 g/mol. The third kappa shape index (κ3) is 3.56. The second-order valence-electron chi connectivity index (χ2n) is 5.14. The number of benzene rings is 2. The molecule has 2 rings (SSSR count). The largest absolute Gasteiger partial charge is 0.468 e. The molecule has 5 nitrogen and oxygen atoms in total. The molecule has 2 aromatic carbocycles. The fourth-order valence-corrected chi connectivity index (χ4v) is 2.69. The molecule has 120 valence electrons. The number of hydrogen-bond donors (Lipinski definition) is 0. The number of aldehydes is 1. The zero-order valence-corrected chi connectivity index (χ0v) is 13.0. The molecule has 1 unspecified atom stereocenters. The summed E-state index contributed by atoms with van der Waals surface area (Å²) in [6.45, 7) is 0. The maximum absolute atomic E-state index is 12.0. The Hall–Kier alpha value is -2.69. The fourth-order valence-electron chi connectivity index (χ4n) is 2.69. The lowest BCUT2D eigenvalue weighted by molar-refractivity contribution is -0.160. The topological polar surface area (TPSA) is 69.7 Å². The van der Waals surface area contributed by atoms with E-state index in [1.807, 2.05) is 42.5 Å². The van der Waals surface area contributed by atoms with Crippen molar-refractivity contribution in [1.29, 1.82) is 0 Å². The Balaban J connectivity index is 2.50. The molecule has 23 heavy (non-hydrogen) atoms. The van der Waals surface area contributed by atoms with Gasteiger partial charge in [0.2, 0.25) is 0 Å².